The summed E-state index contributed by atoms with van der Waals surface area (Å²) in [6.07, 6.45) is 5.32. The van der Waals surface area contributed by atoms with E-state index < -0.39 is 0 Å². The van der Waals surface area contributed by atoms with E-state index in [1.54, 1.807) is 0 Å². The molecule has 2 N–H and O–H groups in total. The summed E-state index contributed by atoms with van der Waals surface area (Å²) in [5.41, 5.74) is 8.37. The predicted molar refractivity (Wildman–Crippen MR) is 109 cm³/mol. The van der Waals surface area contributed by atoms with Crippen molar-refractivity contribution < 1.29 is 0 Å². The van der Waals surface area contributed by atoms with Crippen molar-refractivity contribution in [2.75, 3.05) is 30.3 Å². The van der Waals surface area contributed by atoms with Crippen molar-refractivity contribution in [2.45, 2.75) is 44.7 Å². The molecule has 5 heteroatoms. The van der Waals surface area contributed by atoms with Crippen molar-refractivity contribution in [2.24, 2.45) is 11.8 Å². The highest BCUT2D eigenvalue weighted by atomic mass is 15.3. The topological polar surface area (TPSA) is 58.3 Å². The molecule has 2 bridgehead atoms. The van der Waals surface area contributed by atoms with Crippen molar-refractivity contribution in [3.63, 3.8) is 0 Å². The van der Waals surface area contributed by atoms with Crippen LogP contribution in [0, 0.1) is 18.8 Å². The maximum atomic E-state index is 5.91. The molecule has 2 aromatic rings. The van der Waals surface area contributed by atoms with Crippen molar-refractivity contribution in [1.82, 2.24) is 14.9 Å². The Hall–Kier alpha value is -2.14. The molecule has 5 rings (SSSR count). The van der Waals surface area contributed by atoms with E-state index in [4.69, 9.17) is 5.73 Å². The molecule has 3 aliphatic rings. The molecule has 27 heavy (non-hydrogen) atoms. The minimum Gasteiger partial charge on any atom is -0.368 e. The summed E-state index contributed by atoms with van der Waals surface area (Å²) in [6.45, 7) is 5.38. The lowest BCUT2D eigenvalue weighted by atomic mass is 9.74. The number of aryl methyl sites for hydroxylation is 1. The Morgan fingerprint density at radius 2 is 1.89 bits per heavy atom. The van der Waals surface area contributed by atoms with Gasteiger partial charge in [-0.1, -0.05) is 30.3 Å². The van der Waals surface area contributed by atoms with E-state index >= 15 is 0 Å². The number of nitrogen functional groups attached to an aromatic ring is 1. The minimum absolute atomic E-state index is 0.393. The first-order valence-corrected chi connectivity index (χ1v) is 10.3. The van der Waals surface area contributed by atoms with Crippen LogP contribution < -0.4 is 10.6 Å². The molecular weight excluding hydrogens is 334 g/mol. The highest BCUT2D eigenvalue weighted by Crippen LogP contribution is 2.44. The van der Waals surface area contributed by atoms with Gasteiger partial charge in [-0.05, 0) is 50.0 Å². The number of piperidine rings is 3. The zero-order valence-corrected chi connectivity index (χ0v) is 16.1. The van der Waals surface area contributed by atoms with Gasteiger partial charge >= 0.3 is 0 Å². The van der Waals surface area contributed by atoms with E-state index in [0.717, 1.165) is 30.5 Å². The van der Waals surface area contributed by atoms with Gasteiger partial charge in [-0.3, -0.25) is 4.90 Å². The lowest BCUT2D eigenvalue weighted by Crippen LogP contribution is -2.59. The molecule has 0 spiro atoms. The smallest absolute Gasteiger partial charge is 0.222 e. The fourth-order valence-corrected chi connectivity index (χ4v) is 5.76. The van der Waals surface area contributed by atoms with Gasteiger partial charge in [0, 0.05) is 43.5 Å². The number of anilines is 2. The molecule has 1 aromatic carbocycles. The standard InChI is InChI=1S/C22H29N5/c1-15-10-21(25-22(23)24-15)26-12-16-11-18(14-26)20-9-5-8-19(27(20)13-16)17-6-3-2-4-7-17/h2-4,6-7,10,16,18-20H,5,8-9,11-14H2,1H3,(H2,23,24,25)/t16-,18+,19+,20-/m0/s1. The number of nitrogens with zero attached hydrogens (tertiary/aromatic N) is 4. The molecule has 5 nitrogen and oxygen atoms in total. The molecular formula is C22H29N5. The van der Waals surface area contributed by atoms with E-state index in [0.29, 0.717) is 23.9 Å². The Morgan fingerprint density at radius 3 is 2.70 bits per heavy atom. The van der Waals surface area contributed by atoms with Crippen molar-refractivity contribution in [3.8, 4) is 0 Å². The SMILES string of the molecule is Cc1cc(N2C[C@@H]3C[C@H](C2)[C@@H]2CCC[C@H](c4ccccc4)N2C3)nc(N)n1. The molecule has 0 amide bonds. The summed E-state index contributed by atoms with van der Waals surface area (Å²) < 4.78 is 0. The van der Waals surface area contributed by atoms with Crippen LogP contribution in [0.3, 0.4) is 0 Å². The Morgan fingerprint density at radius 1 is 1.04 bits per heavy atom. The average Bonchev–Trinajstić information content (AvgIpc) is 2.67. The number of fused-ring (bicyclic) bond motifs is 4. The summed E-state index contributed by atoms with van der Waals surface area (Å²) in [5.74, 6) is 2.84. The molecule has 0 radical (unpaired) electrons. The lowest BCUT2D eigenvalue weighted by molar-refractivity contribution is -0.0200. The summed E-state index contributed by atoms with van der Waals surface area (Å²) >= 11 is 0. The molecule has 0 aliphatic carbocycles. The number of rotatable bonds is 2. The maximum absolute atomic E-state index is 5.91. The highest BCUT2D eigenvalue weighted by Gasteiger charge is 2.45. The molecule has 4 heterocycles. The first-order valence-electron chi connectivity index (χ1n) is 10.3. The zero-order valence-electron chi connectivity index (χ0n) is 16.1. The molecule has 1 aromatic heterocycles. The molecule has 142 valence electrons. The van der Waals surface area contributed by atoms with E-state index in [9.17, 15) is 0 Å². The van der Waals surface area contributed by atoms with Gasteiger partial charge in [-0.15, -0.1) is 0 Å². The average molecular weight is 364 g/mol. The molecule has 4 atom stereocenters. The van der Waals surface area contributed by atoms with Gasteiger partial charge in [0.1, 0.15) is 5.82 Å². The second kappa shape index (κ2) is 6.79. The Bertz CT molecular complexity index is 787. The van der Waals surface area contributed by atoms with Crippen LogP contribution in [-0.4, -0.2) is 40.5 Å². The van der Waals surface area contributed by atoms with E-state index in [-0.39, 0.29) is 0 Å². The van der Waals surface area contributed by atoms with Crippen LogP contribution in [0.2, 0.25) is 0 Å². The molecule has 3 fully saturated rings. The first-order chi connectivity index (χ1) is 13.2. The third-order valence-electron chi connectivity index (χ3n) is 6.75. The minimum atomic E-state index is 0.393. The normalized spacial score (nSPS) is 30.8. The third-order valence-corrected chi connectivity index (χ3v) is 6.75. The maximum Gasteiger partial charge on any atom is 0.222 e. The highest BCUT2D eigenvalue weighted by molar-refractivity contribution is 5.44. The zero-order chi connectivity index (χ0) is 18.4. The van der Waals surface area contributed by atoms with Gasteiger partial charge in [0.2, 0.25) is 5.95 Å². The van der Waals surface area contributed by atoms with Crippen LogP contribution in [0.4, 0.5) is 11.8 Å². The van der Waals surface area contributed by atoms with Gasteiger partial charge < -0.3 is 10.6 Å². The second-order valence-electron chi connectivity index (χ2n) is 8.61. The monoisotopic (exact) mass is 363 g/mol. The summed E-state index contributed by atoms with van der Waals surface area (Å²) in [4.78, 5) is 14.1. The Labute approximate surface area is 161 Å². The van der Waals surface area contributed by atoms with Crippen LogP contribution >= 0.6 is 0 Å². The fraction of sp³-hybridized carbons (Fsp3) is 0.545. The fourth-order valence-electron chi connectivity index (χ4n) is 5.76. The summed E-state index contributed by atoms with van der Waals surface area (Å²) in [7, 11) is 0. The molecule has 0 unspecified atom stereocenters. The van der Waals surface area contributed by atoms with Gasteiger partial charge in [-0.25, -0.2) is 4.98 Å². The number of nitrogens with two attached hydrogens (primary N) is 1. The molecule has 3 saturated heterocycles. The van der Waals surface area contributed by atoms with Crippen LogP contribution in [0.1, 0.15) is 43.0 Å². The molecule has 0 saturated carbocycles. The second-order valence-corrected chi connectivity index (χ2v) is 8.61. The summed E-state index contributed by atoms with van der Waals surface area (Å²) in [6, 6.07) is 14.5. The van der Waals surface area contributed by atoms with Gasteiger partial charge in [0.05, 0.1) is 0 Å². The van der Waals surface area contributed by atoms with Crippen molar-refractivity contribution in [3.05, 3.63) is 47.7 Å². The Balaban J connectivity index is 1.39. The number of hydrogen-bond donors (Lipinski definition) is 1. The first kappa shape index (κ1) is 17.0. The van der Waals surface area contributed by atoms with Crippen LogP contribution in [0.5, 0.6) is 0 Å². The van der Waals surface area contributed by atoms with E-state index in [1.807, 2.05) is 6.92 Å². The van der Waals surface area contributed by atoms with Gasteiger partial charge in [-0.2, -0.15) is 4.98 Å². The van der Waals surface area contributed by atoms with Gasteiger partial charge in [0.25, 0.3) is 0 Å². The third kappa shape index (κ3) is 3.18. The van der Waals surface area contributed by atoms with Crippen LogP contribution in [0.15, 0.2) is 36.4 Å². The predicted octanol–water partition coefficient (Wildman–Crippen LogP) is 3.42. The van der Waals surface area contributed by atoms with Crippen LogP contribution in [-0.2, 0) is 0 Å². The lowest BCUT2D eigenvalue weighted by Gasteiger charge is -2.55. The summed E-state index contributed by atoms with van der Waals surface area (Å²) in [5, 5.41) is 0. The number of aromatic nitrogens is 2. The van der Waals surface area contributed by atoms with Crippen molar-refractivity contribution >= 4 is 11.8 Å². The quantitative estimate of drug-likeness (QED) is 0.886. The van der Waals surface area contributed by atoms with Crippen molar-refractivity contribution in [1.29, 1.82) is 0 Å². The Kier molecular flexibility index (Phi) is 4.27. The number of hydrogen-bond acceptors (Lipinski definition) is 5. The van der Waals surface area contributed by atoms with Gasteiger partial charge in [0.15, 0.2) is 0 Å². The van der Waals surface area contributed by atoms with E-state index in [1.165, 1.54) is 37.8 Å². The number of benzene rings is 1. The van der Waals surface area contributed by atoms with E-state index in [2.05, 4.69) is 56.2 Å². The molecule has 3 aliphatic heterocycles. The largest absolute Gasteiger partial charge is 0.368 e. The van der Waals surface area contributed by atoms with Crippen LogP contribution in [0.25, 0.3) is 0 Å².